The van der Waals surface area contributed by atoms with Crippen LogP contribution in [0.1, 0.15) is 11.1 Å². The van der Waals surface area contributed by atoms with Crippen molar-refractivity contribution < 1.29 is 8.78 Å². The second-order valence-electron chi connectivity index (χ2n) is 13.0. The van der Waals surface area contributed by atoms with Crippen LogP contribution in [0.2, 0.25) is 0 Å². The number of fused-ring (bicyclic) bond motifs is 1. The Morgan fingerprint density at radius 2 is 0.839 bits per heavy atom. The molecular weight excluding hydrogens is 735 g/mol. The van der Waals surface area contributed by atoms with Crippen molar-refractivity contribution in [2.45, 2.75) is 0 Å². The number of hydrogen-bond donors (Lipinski definition) is 0. The lowest BCUT2D eigenvalue weighted by molar-refractivity contribution is 0.511. The Kier molecular flexibility index (Phi) is 9.72. The Morgan fingerprint density at radius 3 is 1.34 bits per heavy atom. The fourth-order valence-electron chi connectivity index (χ4n) is 6.86. The van der Waals surface area contributed by atoms with Gasteiger partial charge in [0.05, 0.1) is 17.3 Å². The average Bonchev–Trinajstić information content (AvgIpc) is 3.95. The van der Waals surface area contributed by atoms with Crippen molar-refractivity contribution >= 4 is 80.4 Å². The normalized spacial score (nSPS) is 11.3. The molecule has 9 aromatic rings. The van der Waals surface area contributed by atoms with Crippen molar-refractivity contribution in [3.05, 3.63) is 205 Å². The summed E-state index contributed by atoms with van der Waals surface area (Å²) < 4.78 is 41.1. The molecule has 9 rings (SSSR count). The zero-order chi connectivity index (χ0) is 37.8. The molecule has 0 radical (unpaired) electrons. The Morgan fingerprint density at radius 1 is 0.411 bits per heavy atom. The van der Waals surface area contributed by atoms with Crippen molar-refractivity contribution in [1.82, 2.24) is 8.75 Å². The van der Waals surface area contributed by atoms with Crippen molar-refractivity contribution in [3.63, 3.8) is 0 Å². The highest BCUT2D eigenvalue weighted by Gasteiger charge is 2.24. The highest BCUT2D eigenvalue weighted by molar-refractivity contribution is 7.19. The van der Waals surface area contributed by atoms with Crippen LogP contribution in [0.4, 0.5) is 42.9 Å². The first-order valence-electron chi connectivity index (χ1n) is 18.0. The van der Waals surface area contributed by atoms with Crippen molar-refractivity contribution in [3.8, 4) is 20.9 Å². The van der Waals surface area contributed by atoms with E-state index in [1.807, 2.05) is 109 Å². The van der Waals surface area contributed by atoms with Crippen LogP contribution in [-0.2, 0) is 0 Å². The topological polar surface area (TPSA) is 32.3 Å². The number of para-hydroxylation sites is 4. The van der Waals surface area contributed by atoms with Gasteiger partial charge in [0.2, 0.25) is 0 Å². The highest BCUT2D eigenvalue weighted by atomic mass is 32.1. The number of nitrogens with zero attached hydrogens (tertiary/aromatic N) is 4. The molecule has 0 saturated carbocycles. The van der Waals surface area contributed by atoms with E-state index >= 15 is 8.78 Å². The molecule has 0 aliphatic rings. The molecule has 2 heterocycles. The van der Waals surface area contributed by atoms with Gasteiger partial charge in [0.25, 0.3) is 0 Å². The molecule has 0 saturated heterocycles. The van der Waals surface area contributed by atoms with E-state index in [4.69, 9.17) is 0 Å². The quantitative estimate of drug-likeness (QED) is 0.130. The molecule has 270 valence electrons. The van der Waals surface area contributed by atoms with Gasteiger partial charge in [-0.15, -0.1) is 11.3 Å². The minimum atomic E-state index is -0.950. The first-order valence-corrected chi connectivity index (χ1v) is 19.6. The second kappa shape index (κ2) is 15.5. The van der Waals surface area contributed by atoms with Crippen molar-refractivity contribution in [2.75, 3.05) is 9.80 Å². The van der Waals surface area contributed by atoms with E-state index in [2.05, 4.69) is 91.3 Å². The van der Waals surface area contributed by atoms with E-state index in [0.29, 0.717) is 15.9 Å². The summed E-state index contributed by atoms with van der Waals surface area (Å²) in [6.07, 6.45) is 3.36. The molecule has 0 aliphatic carbocycles. The van der Waals surface area contributed by atoms with Crippen LogP contribution in [0, 0.1) is 11.6 Å². The summed E-state index contributed by atoms with van der Waals surface area (Å²) in [5.74, 6) is -1.89. The maximum Gasteiger partial charge on any atom is 0.170 e. The van der Waals surface area contributed by atoms with Crippen LogP contribution < -0.4 is 9.80 Å². The van der Waals surface area contributed by atoms with Gasteiger partial charge >= 0.3 is 0 Å². The van der Waals surface area contributed by atoms with E-state index in [1.54, 1.807) is 12.2 Å². The Hall–Kier alpha value is -6.74. The van der Waals surface area contributed by atoms with Crippen LogP contribution in [0.3, 0.4) is 0 Å². The standard InChI is InChI=1S/C48H32F2N4S2/c49-45-41(30-23-33-21-26-39(27-22-33)53(35-13-5-1-6-14-35)36-15-7-2-8-16-36)47-48(52-56-51-47)44(46(45)50)43-32-31-42(55-43)34-24-28-40(29-25-34)54(37-17-9-3-10-18-37)38-19-11-4-12-20-38/h1-32H/b30-23+. The molecule has 0 N–H and O–H groups in total. The van der Waals surface area contributed by atoms with Crippen LogP contribution >= 0.6 is 23.1 Å². The van der Waals surface area contributed by atoms with Crippen molar-refractivity contribution in [2.24, 2.45) is 0 Å². The molecule has 0 unspecified atom stereocenters. The minimum absolute atomic E-state index is 0.0722. The number of aromatic nitrogens is 2. The number of anilines is 6. The first kappa shape index (κ1) is 35.0. The summed E-state index contributed by atoms with van der Waals surface area (Å²) in [5, 5.41) is 0. The summed E-state index contributed by atoms with van der Waals surface area (Å²) >= 11 is 2.35. The molecule has 8 heteroatoms. The number of thiophene rings is 1. The molecule has 4 nitrogen and oxygen atoms in total. The molecule has 56 heavy (non-hydrogen) atoms. The van der Waals surface area contributed by atoms with Crippen LogP contribution in [0.5, 0.6) is 0 Å². The predicted molar refractivity (Wildman–Crippen MR) is 231 cm³/mol. The second-order valence-corrected chi connectivity index (χ2v) is 14.6. The maximum atomic E-state index is 16.1. The molecule has 0 atom stereocenters. The molecule has 2 aromatic heterocycles. The van der Waals surface area contributed by atoms with E-state index in [9.17, 15) is 0 Å². The molecule has 0 aliphatic heterocycles. The largest absolute Gasteiger partial charge is 0.311 e. The fraction of sp³-hybridized carbons (Fsp3) is 0. The van der Waals surface area contributed by atoms with Crippen LogP contribution in [0.15, 0.2) is 182 Å². The summed E-state index contributed by atoms with van der Waals surface area (Å²) in [7, 11) is 0. The third-order valence-corrected chi connectivity index (χ3v) is 11.2. The Bertz CT molecular complexity index is 2670. The molecule has 0 spiro atoms. The summed E-state index contributed by atoms with van der Waals surface area (Å²) in [4.78, 5) is 5.88. The van der Waals surface area contributed by atoms with E-state index < -0.39 is 11.6 Å². The van der Waals surface area contributed by atoms with Gasteiger partial charge in [-0.3, -0.25) is 0 Å². The third kappa shape index (κ3) is 6.88. The summed E-state index contributed by atoms with van der Waals surface area (Å²) in [5.41, 5.74) is 8.82. The zero-order valence-corrected chi connectivity index (χ0v) is 31.5. The number of hydrogen-bond acceptors (Lipinski definition) is 6. The lowest BCUT2D eigenvalue weighted by Gasteiger charge is -2.25. The molecular formula is C48H32F2N4S2. The SMILES string of the molecule is Fc1c(F)c(-c2ccc(-c3ccc(N(c4ccccc4)c4ccccc4)cc3)s2)c2nsnc2c1/C=C/c1ccc(N(c2ccccc2)c2ccccc2)cc1. The lowest BCUT2D eigenvalue weighted by atomic mass is 10.0. The van der Waals surface area contributed by atoms with Crippen LogP contribution in [0.25, 0.3) is 44.1 Å². The van der Waals surface area contributed by atoms with Gasteiger partial charge in [-0.25, -0.2) is 8.78 Å². The maximum absolute atomic E-state index is 16.1. The van der Waals surface area contributed by atoms with E-state index in [-0.39, 0.29) is 11.1 Å². The number of rotatable bonds is 10. The number of benzene rings is 7. The predicted octanol–water partition coefficient (Wildman–Crippen LogP) is 14.5. The monoisotopic (exact) mass is 766 g/mol. The summed E-state index contributed by atoms with van der Waals surface area (Å²) in [6, 6.07) is 60.7. The van der Waals surface area contributed by atoms with E-state index in [1.165, 1.54) is 11.3 Å². The van der Waals surface area contributed by atoms with E-state index in [0.717, 1.165) is 61.9 Å². The highest BCUT2D eigenvalue weighted by Crippen LogP contribution is 2.42. The Labute approximate surface area is 331 Å². The van der Waals surface area contributed by atoms with Crippen molar-refractivity contribution in [1.29, 1.82) is 0 Å². The number of halogens is 2. The third-order valence-electron chi connectivity index (χ3n) is 9.54. The van der Waals surface area contributed by atoms with Gasteiger partial charge in [0, 0.05) is 49.4 Å². The van der Waals surface area contributed by atoms with Gasteiger partial charge in [0.15, 0.2) is 11.6 Å². The zero-order valence-electron chi connectivity index (χ0n) is 29.8. The van der Waals surface area contributed by atoms with Gasteiger partial charge in [-0.05, 0) is 102 Å². The average molecular weight is 767 g/mol. The van der Waals surface area contributed by atoms with Gasteiger partial charge in [-0.1, -0.05) is 103 Å². The molecule has 0 fully saturated rings. The van der Waals surface area contributed by atoms with Crippen LogP contribution in [-0.4, -0.2) is 8.75 Å². The smallest absolute Gasteiger partial charge is 0.170 e. The molecule has 0 bridgehead atoms. The lowest BCUT2D eigenvalue weighted by Crippen LogP contribution is -2.09. The first-order chi connectivity index (χ1) is 27.6. The molecule has 7 aromatic carbocycles. The van der Waals surface area contributed by atoms with Gasteiger partial charge < -0.3 is 9.80 Å². The fourth-order valence-corrected chi connectivity index (χ4v) is 8.48. The Balaban J connectivity index is 0.991. The van der Waals surface area contributed by atoms with Gasteiger partial charge in [-0.2, -0.15) is 8.75 Å². The summed E-state index contributed by atoms with van der Waals surface area (Å²) in [6.45, 7) is 0. The van der Waals surface area contributed by atoms with Gasteiger partial charge in [0.1, 0.15) is 11.0 Å². The molecule has 0 amide bonds. The minimum Gasteiger partial charge on any atom is -0.311 e.